The Balaban J connectivity index is 1.72. The molecule has 0 atom stereocenters. The minimum atomic E-state index is -0.198. The van der Waals surface area contributed by atoms with Crippen LogP contribution in [0.2, 0.25) is 0 Å². The van der Waals surface area contributed by atoms with Crippen molar-refractivity contribution in [3.63, 3.8) is 0 Å². The highest BCUT2D eigenvalue weighted by atomic mass is 16.5. The van der Waals surface area contributed by atoms with E-state index in [9.17, 15) is 4.79 Å². The van der Waals surface area contributed by atoms with Gasteiger partial charge in [-0.2, -0.15) is 0 Å². The number of fused-ring (bicyclic) bond motifs is 2. The van der Waals surface area contributed by atoms with Gasteiger partial charge in [-0.05, 0) is 37.6 Å². The molecule has 0 N–H and O–H groups in total. The summed E-state index contributed by atoms with van der Waals surface area (Å²) in [5, 5.41) is 5.44. The summed E-state index contributed by atoms with van der Waals surface area (Å²) in [6, 6.07) is 19.4. The fourth-order valence-electron chi connectivity index (χ4n) is 3.58. The van der Waals surface area contributed by atoms with Crippen LogP contribution in [-0.4, -0.2) is 19.7 Å². The average Bonchev–Trinajstić information content (AvgIpc) is 3.12. The molecule has 0 radical (unpaired) electrons. The van der Waals surface area contributed by atoms with E-state index < -0.39 is 0 Å². The topological polar surface area (TPSA) is 73.8 Å². The van der Waals surface area contributed by atoms with Crippen LogP contribution >= 0.6 is 0 Å². The zero-order chi connectivity index (χ0) is 20.7. The molecule has 5 aromatic rings. The zero-order valence-corrected chi connectivity index (χ0v) is 16.5. The lowest BCUT2D eigenvalue weighted by atomic mass is 10.1. The molecule has 0 aliphatic rings. The molecule has 0 aliphatic carbocycles. The maximum atomic E-state index is 13.5. The first-order chi connectivity index (χ1) is 14.6. The van der Waals surface area contributed by atoms with Crippen LogP contribution in [0.25, 0.3) is 39.8 Å². The summed E-state index contributed by atoms with van der Waals surface area (Å²) < 4.78 is 7.07. The van der Waals surface area contributed by atoms with Crippen molar-refractivity contribution in [1.29, 1.82) is 0 Å². The number of rotatable bonds is 3. The summed E-state index contributed by atoms with van der Waals surface area (Å²) in [5.41, 5.74) is 3.27. The van der Waals surface area contributed by atoms with E-state index in [1.807, 2.05) is 79.7 Å². The highest BCUT2D eigenvalue weighted by Gasteiger charge is 2.19. The highest BCUT2D eigenvalue weighted by Crippen LogP contribution is 2.23. The number of benzene rings is 2. The van der Waals surface area contributed by atoms with Crippen LogP contribution in [0.3, 0.4) is 0 Å². The SMILES string of the molecule is Cc1noc(/C=C/c2ccccc2)c1-n1c(C)nc2nc3ccccc3cc2c1=O. The molecule has 6 nitrogen and oxygen atoms in total. The molecule has 0 unspecified atom stereocenters. The van der Waals surface area contributed by atoms with Crippen LogP contribution in [0.1, 0.15) is 22.8 Å². The van der Waals surface area contributed by atoms with Gasteiger partial charge in [-0.25, -0.2) is 9.97 Å². The van der Waals surface area contributed by atoms with Gasteiger partial charge in [0.05, 0.1) is 10.9 Å². The lowest BCUT2D eigenvalue weighted by Gasteiger charge is -2.10. The Hall–Kier alpha value is -4.06. The minimum absolute atomic E-state index is 0.198. The second-order valence-electron chi connectivity index (χ2n) is 7.08. The van der Waals surface area contributed by atoms with E-state index in [0.29, 0.717) is 34.0 Å². The summed E-state index contributed by atoms with van der Waals surface area (Å²) in [7, 11) is 0. The number of hydrogen-bond donors (Lipinski definition) is 0. The van der Waals surface area contributed by atoms with Crippen molar-refractivity contribution in [1.82, 2.24) is 19.7 Å². The maximum absolute atomic E-state index is 13.5. The van der Waals surface area contributed by atoms with Gasteiger partial charge in [0.15, 0.2) is 11.4 Å². The second-order valence-corrected chi connectivity index (χ2v) is 7.08. The van der Waals surface area contributed by atoms with Crippen molar-refractivity contribution in [2.24, 2.45) is 0 Å². The molecule has 5 rings (SSSR count). The van der Waals surface area contributed by atoms with E-state index >= 15 is 0 Å². The van der Waals surface area contributed by atoms with Crippen LogP contribution in [0.15, 0.2) is 70.0 Å². The number of para-hydroxylation sites is 1. The normalized spacial score (nSPS) is 11.7. The van der Waals surface area contributed by atoms with Crippen LogP contribution in [0.5, 0.6) is 0 Å². The first kappa shape index (κ1) is 18.0. The van der Waals surface area contributed by atoms with Gasteiger partial charge >= 0.3 is 0 Å². The molecule has 0 bridgehead atoms. The van der Waals surface area contributed by atoms with Crippen LogP contribution in [0.4, 0.5) is 0 Å². The molecule has 0 aliphatic heterocycles. The van der Waals surface area contributed by atoms with Crippen molar-refractivity contribution < 1.29 is 4.52 Å². The van der Waals surface area contributed by atoms with Gasteiger partial charge in [0.25, 0.3) is 5.56 Å². The molecule has 0 amide bonds. The van der Waals surface area contributed by atoms with Crippen molar-refractivity contribution in [2.45, 2.75) is 13.8 Å². The second kappa shape index (κ2) is 7.08. The fourth-order valence-corrected chi connectivity index (χ4v) is 3.58. The van der Waals surface area contributed by atoms with Crippen molar-refractivity contribution >= 4 is 34.1 Å². The predicted molar refractivity (Wildman–Crippen MR) is 118 cm³/mol. The first-order valence-corrected chi connectivity index (χ1v) is 9.61. The molecule has 146 valence electrons. The molecular weight excluding hydrogens is 376 g/mol. The summed E-state index contributed by atoms with van der Waals surface area (Å²) >= 11 is 0. The van der Waals surface area contributed by atoms with E-state index in [1.165, 1.54) is 0 Å². The third kappa shape index (κ3) is 2.99. The van der Waals surface area contributed by atoms with Gasteiger partial charge in [-0.15, -0.1) is 0 Å². The molecule has 2 aromatic carbocycles. The number of aromatic nitrogens is 4. The molecular formula is C24H18N4O2. The number of aryl methyl sites for hydroxylation is 2. The smallest absolute Gasteiger partial charge is 0.267 e. The van der Waals surface area contributed by atoms with Gasteiger partial charge in [-0.3, -0.25) is 9.36 Å². The van der Waals surface area contributed by atoms with Crippen molar-refractivity contribution in [3.05, 3.63) is 93.9 Å². The molecule has 0 fully saturated rings. The molecule has 0 saturated carbocycles. The molecule has 3 aromatic heterocycles. The lowest BCUT2D eigenvalue weighted by molar-refractivity contribution is 0.408. The Kier molecular flexibility index (Phi) is 4.25. The maximum Gasteiger partial charge on any atom is 0.267 e. The molecule has 6 heteroatoms. The Morgan fingerprint density at radius 1 is 0.933 bits per heavy atom. The van der Waals surface area contributed by atoms with E-state index in [-0.39, 0.29) is 5.56 Å². The minimum Gasteiger partial charge on any atom is -0.354 e. The predicted octanol–water partition coefficient (Wildman–Crippen LogP) is 4.71. The van der Waals surface area contributed by atoms with Gasteiger partial charge < -0.3 is 4.52 Å². The fraction of sp³-hybridized carbons (Fsp3) is 0.0833. The quantitative estimate of drug-likeness (QED) is 0.414. The van der Waals surface area contributed by atoms with Crippen molar-refractivity contribution in [3.8, 4) is 5.69 Å². The van der Waals surface area contributed by atoms with Crippen LogP contribution in [-0.2, 0) is 0 Å². The largest absolute Gasteiger partial charge is 0.354 e. The van der Waals surface area contributed by atoms with E-state index in [0.717, 1.165) is 16.5 Å². The zero-order valence-electron chi connectivity index (χ0n) is 16.5. The molecule has 3 heterocycles. The Morgan fingerprint density at radius 3 is 2.53 bits per heavy atom. The summed E-state index contributed by atoms with van der Waals surface area (Å²) in [6.07, 6.45) is 3.74. The average molecular weight is 394 g/mol. The molecule has 0 spiro atoms. The number of pyridine rings is 1. The van der Waals surface area contributed by atoms with E-state index in [4.69, 9.17) is 4.52 Å². The standard InChI is InChI=1S/C24H18N4O2/c1-15-22(21(30-27-15)13-12-17-8-4-3-5-9-17)28-16(2)25-23-19(24(28)29)14-18-10-6-7-11-20(18)26-23/h3-14H,1-2H3/b13-12+. The summed E-state index contributed by atoms with van der Waals surface area (Å²) in [4.78, 5) is 22.6. The Bertz CT molecular complexity index is 1480. The monoisotopic (exact) mass is 394 g/mol. The highest BCUT2D eigenvalue weighted by molar-refractivity contribution is 5.90. The molecule has 30 heavy (non-hydrogen) atoms. The third-order valence-corrected chi connectivity index (χ3v) is 5.04. The van der Waals surface area contributed by atoms with E-state index in [2.05, 4.69) is 15.1 Å². The summed E-state index contributed by atoms with van der Waals surface area (Å²) in [5.74, 6) is 1.02. The number of hydrogen-bond acceptors (Lipinski definition) is 5. The first-order valence-electron chi connectivity index (χ1n) is 9.61. The van der Waals surface area contributed by atoms with Gasteiger partial charge in [-0.1, -0.05) is 59.8 Å². The Morgan fingerprint density at radius 2 is 1.70 bits per heavy atom. The van der Waals surface area contributed by atoms with Crippen molar-refractivity contribution in [2.75, 3.05) is 0 Å². The van der Waals surface area contributed by atoms with Gasteiger partial charge in [0, 0.05) is 5.39 Å². The Labute approximate surface area is 172 Å². The summed E-state index contributed by atoms with van der Waals surface area (Å²) in [6.45, 7) is 3.60. The van der Waals surface area contributed by atoms with Crippen LogP contribution in [0, 0.1) is 13.8 Å². The van der Waals surface area contributed by atoms with Gasteiger partial charge in [0.2, 0.25) is 0 Å². The lowest BCUT2D eigenvalue weighted by Crippen LogP contribution is -2.23. The van der Waals surface area contributed by atoms with Gasteiger partial charge in [0.1, 0.15) is 17.2 Å². The van der Waals surface area contributed by atoms with E-state index in [1.54, 1.807) is 11.5 Å². The number of nitrogens with zero attached hydrogens (tertiary/aromatic N) is 4. The third-order valence-electron chi connectivity index (χ3n) is 5.04. The van der Waals surface area contributed by atoms with Crippen LogP contribution < -0.4 is 5.56 Å². The molecule has 0 saturated heterocycles.